The summed E-state index contributed by atoms with van der Waals surface area (Å²) in [4.78, 5) is 12.4. The highest BCUT2D eigenvalue weighted by Crippen LogP contribution is 2.40. The molecule has 0 saturated heterocycles. The third-order valence-corrected chi connectivity index (χ3v) is 3.74. The Kier molecular flexibility index (Phi) is 5.58. The van der Waals surface area contributed by atoms with E-state index in [4.69, 9.17) is 37.4 Å². The van der Waals surface area contributed by atoms with Gasteiger partial charge in [0.25, 0.3) is 5.91 Å². The monoisotopic (exact) mass is 355 g/mol. The molecular formula is C16H15Cl2NO4. The summed E-state index contributed by atoms with van der Waals surface area (Å²) in [7, 11) is 4.49. The van der Waals surface area contributed by atoms with Gasteiger partial charge in [0, 0.05) is 17.8 Å². The lowest BCUT2D eigenvalue weighted by atomic mass is 10.2. The molecule has 2 aromatic carbocycles. The number of benzene rings is 2. The van der Waals surface area contributed by atoms with E-state index in [1.54, 1.807) is 30.3 Å². The number of halogens is 2. The summed E-state index contributed by atoms with van der Waals surface area (Å²) in [6.45, 7) is 0. The number of rotatable bonds is 5. The fraction of sp³-hybridized carbons (Fsp3) is 0.188. The molecule has 2 aromatic rings. The Morgan fingerprint density at radius 2 is 1.48 bits per heavy atom. The number of nitrogens with one attached hydrogen (secondary N) is 1. The number of carbonyl (C=O) groups excluding carboxylic acids is 1. The lowest BCUT2D eigenvalue weighted by molar-refractivity contribution is 0.102. The lowest BCUT2D eigenvalue weighted by Crippen LogP contribution is -2.13. The van der Waals surface area contributed by atoms with Crippen molar-refractivity contribution in [3.05, 3.63) is 45.9 Å². The Hall–Kier alpha value is -2.11. The highest BCUT2D eigenvalue weighted by Gasteiger charge is 2.18. The molecule has 1 N–H and O–H groups in total. The van der Waals surface area contributed by atoms with E-state index in [0.29, 0.717) is 22.9 Å². The summed E-state index contributed by atoms with van der Waals surface area (Å²) in [6, 6.07) is 8.09. The number of amides is 1. The standard InChI is InChI=1S/C16H15Cl2NO4/c1-21-12-7-9(8-13(22-2)15(12)23-3)19-16(20)14-10(17)5-4-6-11(14)18/h4-8H,1-3H3,(H,19,20). The van der Waals surface area contributed by atoms with Crippen molar-refractivity contribution < 1.29 is 19.0 Å². The molecule has 0 saturated carbocycles. The first-order chi connectivity index (χ1) is 11.0. The summed E-state index contributed by atoms with van der Waals surface area (Å²) in [5, 5.41) is 3.25. The molecule has 122 valence electrons. The van der Waals surface area contributed by atoms with E-state index in [9.17, 15) is 4.79 Å². The van der Waals surface area contributed by atoms with Crippen molar-refractivity contribution in [2.24, 2.45) is 0 Å². The quantitative estimate of drug-likeness (QED) is 0.869. The van der Waals surface area contributed by atoms with Crippen LogP contribution in [-0.2, 0) is 0 Å². The zero-order chi connectivity index (χ0) is 17.0. The van der Waals surface area contributed by atoms with Crippen LogP contribution in [0.25, 0.3) is 0 Å². The van der Waals surface area contributed by atoms with Gasteiger partial charge in [0.05, 0.1) is 36.9 Å². The second-order valence-corrected chi connectivity index (χ2v) is 5.28. The number of anilines is 1. The van der Waals surface area contributed by atoms with Crippen LogP contribution in [0.3, 0.4) is 0 Å². The zero-order valence-corrected chi connectivity index (χ0v) is 14.3. The van der Waals surface area contributed by atoms with E-state index in [0.717, 1.165) is 0 Å². The maximum Gasteiger partial charge on any atom is 0.258 e. The summed E-state index contributed by atoms with van der Waals surface area (Å²) < 4.78 is 15.7. The third-order valence-electron chi connectivity index (χ3n) is 3.11. The number of hydrogen-bond donors (Lipinski definition) is 1. The smallest absolute Gasteiger partial charge is 0.258 e. The van der Waals surface area contributed by atoms with E-state index in [1.165, 1.54) is 21.3 Å². The Morgan fingerprint density at radius 1 is 0.957 bits per heavy atom. The molecule has 0 fully saturated rings. The highest BCUT2D eigenvalue weighted by molar-refractivity contribution is 6.40. The predicted octanol–water partition coefficient (Wildman–Crippen LogP) is 4.27. The molecule has 0 atom stereocenters. The van der Waals surface area contributed by atoms with Crippen LogP contribution in [0, 0.1) is 0 Å². The van der Waals surface area contributed by atoms with Gasteiger partial charge in [-0.1, -0.05) is 29.3 Å². The highest BCUT2D eigenvalue weighted by atomic mass is 35.5. The zero-order valence-electron chi connectivity index (χ0n) is 12.8. The van der Waals surface area contributed by atoms with Crippen LogP contribution in [0.4, 0.5) is 5.69 Å². The molecular weight excluding hydrogens is 341 g/mol. The molecule has 0 bridgehead atoms. The molecule has 7 heteroatoms. The van der Waals surface area contributed by atoms with E-state index in [-0.39, 0.29) is 15.6 Å². The van der Waals surface area contributed by atoms with Crippen LogP contribution < -0.4 is 19.5 Å². The first-order valence-corrected chi connectivity index (χ1v) is 7.32. The van der Waals surface area contributed by atoms with Crippen LogP contribution in [-0.4, -0.2) is 27.2 Å². The van der Waals surface area contributed by atoms with Crippen molar-refractivity contribution in [1.29, 1.82) is 0 Å². The van der Waals surface area contributed by atoms with Gasteiger partial charge in [0.2, 0.25) is 5.75 Å². The minimum Gasteiger partial charge on any atom is -0.493 e. The van der Waals surface area contributed by atoms with Gasteiger partial charge in [-0.25, -0.2) is 0 Å². The molecule has 1 amide bonds. The van der Waals surface area contributed by atoms with Gasteiger partial charge in [-0.2, -0.15) is 0 Å². The van der Waals surface area contributed by atoms with E-state index < -0.39 is 5.91 Å². The van der Waals surface area contributed by atoms with Crippen LogP contribution >= 0.6 is 23.2 Å². The molecule has 5 nitrogen and oxygen atoms in total. The lowest BCUT2D eigenvalue weighted by Gasteiger charge is -2.15. The molecule has 0 aliphatic heterocycles. The molecule has 0 aromatic heterocycles. The summed E-state index contributed by atoms with van der Waals surface area (Å²) in [6.07, 6.45) is 0. The Balaban J connectivity index is 2.38. The van der Waals surface area contributed by atoms with Crippen molar-refractivity contribution in [3.8, 4) is 17.2 Å². The van der Waals surface area contributed by atoms with E-state index in [2.05, 4.69) is 5.32 Å². The van der Waals surface area contributed by atoms with Crippen molar-refractivity contribution >= 4 is 34.8 Å². The summed E-state index contributed by atoms with van der Waals surface area (Å²) in [5.74, 6) is 0.846. The maximum atomic E-state index is 12.4. The first-order valence-electron chi connectivity index (χ1n) is 6.57. The predicted molar refractivity (Wildman–Crippen MR) is 90.5 cm³/mol. The van der Waals surface area contributed by atoms with Gasteiger partial charge in [-0.05, 0) is 12.1 Å². The molecule has 0 radical (unpaired) electrons. The first kappa shape index (κ1) is 17.2. The summed E-state index contributed by atoms with van der Waals surface area (Å²) in [5.41, 5.74) is 0.657. The minimum atomic E-state index is -0.435. The van der Waals surface area contributed by atoms with E-state index in [1.807, 2.05) is 0 Å². The molecule has 0 aliphatic carbocycles. The van der Waals surface area contributed by atoms with Crippen molar-refractivity contribution in [2.75, 3.05) is 26.6 Å². The third kappa shape index (κ3) is 3.63. The average molecular weight is 356 g/mol. The number of methoxy groups -OCH3 is 3. The van der Waals surface area contributed by atoms with Crippen molar-refractivity contribution in [1.82, 2.24) is 0 Å². The van der Waals surface area contributed by atoms with Gasteiger partial charge < -0.3 is 19.5 Å². The fourth-order valence-corrected chi connectivity index (χ4v) is 2.63. The van der Waals surface area contributed by atoms with Gasteiger partial charge in [0.15, 0.2) is 11.5 Å². The molecule has 0 spiro atoms. The number of ether oxygens (including phenoxy) is 3. The number of carbonyl (C=O) groups is 1. The molecule has 23 heavy (non-hydrogen) atoms. The molecule has 0 heterocycles. The topological polar surface area (TPSA) is 56.8 Å². The van der Waals surface area contributed by atoms with E-state index >= 15 is 0 Å². The second kappa shape index (κ2) is 7.44. The van der Waals surface area contributed by atoms with Crippen LogP contribution in [0.15, 0.2) is 30.3 Å². The van der Waals surface area contributed by atoms with Crippen molar-refractivity contribution in [2.45, 2.75) is 0 Å². The average Bonchev–Trinajstić information content (AvgIpc) is 2.53. The van der Waals surface area contributed by atoms with Crippen molar-refractivity contribution in [3.63, 3.8) is 0 Å². The van der Waals surface area contributed by atoms with Gasteiger partial charge in [0.1, 0.15) is 0 Å². The Labute approximate surface area is 144 Å². The maximum absolute atomic E-state index is 12.4. The van der Waals surface area contributed by atoms with Gasteiger partial charge in [-0.3, -0.25) is 4.79 Å². The second-order valence-electron chi connectivity index (χ2n) is 4.46. The minimum absolute atomic E-state index is 0.199. The molecule has 0 unspecified atom stereocenters. The Morgan fingerprint density at radius 3 is 1.91 bits per heavy atom. The molecule has 2 rings (SSSR count). The fourth-order valence-electron chi connectivity index (χ4n) is 2.06. The SMILES string of the molecule is COc1cc(NC(=O)c2c(Cl)cccc2Cl)cc(OC)c1OC. The molecule has 0 aliphatic rings. The normalized spacial score (nSPS) is 10.1. The number of hydrogen-bond acceptors (Lipinski definition) is 4. The van der Waals surface area contributed by atoms with Crippen LogP contribution in [0.2, 0.25) is 10.0 Å². The summed E-state index contributed by atoms with van der Waals surface area (Å²) >= 11 is 12.1. The Bertz CT molecular complexity index is 689. The van der Waals surface area contributed by atoms with Crippen LogP contribution in [0.5, 0.6) is 17.2 Å². The van der Waals surface area contributed by atoms with Gasteiger partial charge in [-0.15, -0.1) is 0 Å². The van der Waals surface area contributed by atoms with Crippen LogP contribution in [0.1, 0.15) is 10.4 Å². The van der Waals surface area contributed by atoms with Gasteiger partial charge >= 0.3 is 0 Å². The largest absolute Gasteiger partial charge is 0.493 e.